The van der Waals surface area contributed by atoms with Crippen LogP contribution in [0, 0.1) is 34.3 Å². The lowest BCUT2D eigenvalue weighted by molar-refractivity contribution is -0.137. The summed E-state index contributed by atoms with van der Waals surface area (Å²) < 4.78 is 90.2. The molecule has 0 radical (unpaired) electrons. The molecule has 6 heterocycles. The molecule has 2 aromatic carbocycles. The Kier molecular flexibility index (Phi) is 12.2. The minimum Gasteiger partial charge on any atom is -0.467 e. The van der Waals surface area contributed by atoms with E-state index in [-0.39, 0.29) is 55.9 Å². The summed E-state index contributed by atoms with van der Waals surface area (Å²) in [5.41, 5.74) is 2.59. The number of hydrogen-bond donors (Lipinski definition) is 2. The molecule has 0 bridgehead atoms. The highest BCUT2D eigenvalue weighted by Gasteiger charge is 2.38. The van der Waals surface area contributed by atoms with Crippen molar-refractivity contribution >= 4 is 60.4 Å². The highest BCUT2D eigenvalue weighted by Crippen LogP contribution is 2.47. The van der Waals surface area contributed by atoms with Gasteiger partial charge in [0.1, 0.15) is 45.3 Å². The van der Waals surface area contributed by atoms with Crippen LogP contribution in [0.15, 0.2) is 30.3 Å². The molecule has 3 N–H and O–H groups in total. The summed E-state index contributed by atoms with van der Waals surface area (Å²) in [5.74, 6) is -2.08. The van der Waals surface area contributed by atoms with Crippen LogP contribution in [0.4, 0.5) is 37.2 Å². The van der Waals surface area contributed by atoms with Crippen LogP contribution in [0.1, 0.15) is 64.7 Å². The molecule has 18 heteroatoms. The Labute approximate surface area is 326 Å². The van der Waals surface area contributed by atoms with Crippen molar-refractivity contribution in [2.24, 2.45) is 0 Å². The first-order valence-corrected chi connectivity index (χ1v) is 19.4. The van der Waals surface area contributed by atoms with Gasteiger partial charge in [-0.15, -0.1) is 22.7 Å². The van der Waals surface area contributed by atoms with Gasteiger partial charge in [0.15, 0.2) is 5.82 Å². The molecule has 0 aliphatic carbocycles. The fourth-order valence-corrected chi connectivity index (χ4v) is 8.93. The van der Waals surface area contributed by atoms with Gasteiger partial charge in [-0.3, -0.25) is 9.69 Å². The maximum atomic E-state index is 15.9. The van der Waals surface area contributed by atoms with Crippen molar-refractivity contribution in [3.63, 3.8) is 0 Å². The Morgan fingerprint density at radius 1 is 1.07 bits per heavy atom. The molecule has 10 nitrogen and oxygen atoms in total. The number of halogens is 6. The second-order valence-electron chi connectivity index (χ2n) is 13.2. The molecule has 0 saturated carbocycles. The van der Waals surface area contributed by atoms with E-state index in [4.69, 9.17) is 15.7 Å². The van der Waals surface area contributed by atoms with Gasteiger partial charge in [-0.05, 0) is 75.4 Å². The summed E-state index contributed by atoms with van der Waals surface area (Å²) in [6.45, 7) is 5.56. The maximum absolute atomic E-state index is 15.9. The number of fused-ring (bicyclic) bond motifs is 3. The second kappa shape index (κ2) is 16.9. The van der Waals surface area contributed by atoms with Crippen LogP contribution in [0.5, 0.6) is 6.01 Å². The largest absolute Gasteiger partial charge is 0.467 e. The van der Waals surface area contributed by atoms with E-state index >= 15 is 4.39 Å². The Morgan fingerprint density at radius 2 is 1.82 bits per heavy atom. The molecule has 3 aliphatic rings. The smallest absolute Gasteiger partial charge is 0.417 e. The third kappa shape index (κ3) is 8.18. The normalized spacial score (nSPS) is 17.8. The van der Waals surface area contributed by atoms with E-state index in [2.05, 4.69) is 20.2 Å². The van der Waals surface area contributed by atoms with E-state index in [1.54, 1.807) is 25.1 Å². The number of nitrogens with two attached hydrogens (primary N) is 1. The quantitative estimate of drug-likeness (QED) is 0.167. The number of nitrogen functional groups attached to an aromatic ring is 1. The summed E-state index contributed by atoms with van der Waals surface area (Å²) in [7, 11) is 1.23. The average molecular weight is 815 g/mol. The predicted octanol–water partition coefficient (Wildman–Crippen LogP) is 8.75. The van der Waals surface area contributed by atoms with E-state index in [1.165, 1.54) is 31.3 Å². The molecule has 3 aliphatic heterocycles. The van der Waals surface area contributed by atoms with E-state index in [1.807, 2.05) is 11.0 Å². The number of nitriles is 2. The number of ether oxygens (including phenoxy) is 1. The number of methoxy groups -OCH3 is 1. The number of likely N-dealkylation sites (tertiary alicyclic amines) is 1. The molecular formula is C38H36F6N8O2S2. The molecule has 3 aromatic heterocycles. The zero-order chi connectivity index (χ0) is 40.3. The zero-order valence-electron chi connectivity index (χ0n) is 30.3. The van der Waals surface area contributed by atoms with Crippen molar-refractivity contribution in [1.29, 1.82) is 10.5 Å². The third-order valence-electron chi connectivity index (χ3n) is 9.72. The summed E-state index contributed by atoms with van der Waals surface area (Å²) in [5, 5.41) is 20.4. The molecule has 2 atom stereocenters. The van der Waals surface area contributed by atoms with E-state index in [0.29, 0.717) is 33.7 Å². The van der Waals surface area contributed by atoms with Gasteiger partial charge < -0.3 is 20.7 Å². The molecule has 8 rings (SSSR count). The molecule has 3 saturated heterocycles. The van der Waals surface area contributed by atoms with Crippen LogP contribution < -0.4 is 15.8 Å². The van der Waals surface area contributed by atoms with Crippen molar-refractivity contribution in [1.82, 2.24) is 19.8 Å². The fraction of sp³-hybridized carbons (Fsp3) is 0.395. The average Bonchev–Trinajstić information content (AvgIpc) is 4.02. The molecule has 56 heavy (non-hydrogen) atoms. The summed E-state index contributed by atoms with van der Waals surface area (Å²) in [6, 6.07) is 10.2. The number of hydrogen-bond acceptors (Lipinski definition) is 11. The van der Waals surface area contributed by atoms with Crippen LogP contribution >= 0.6 is 22.7 Å². The molecule has 0 spiro atoms. The highest BCUT2D eigenvalue weighted by molar-refractivity contribution is 7.23. The molecule has 2 unspecified atom stereocenters. The number of rotatable bonds is 5. The van der Waals surface area contributed by atoms with E-state index in [0.717, 1.165) is 57.1 Å². The van der Waals surface area contributed by atoms with Crippen LogP contribution in [0.25, 0.3) is 32.1 Å². The monoisotopic (exact) mass is 814 g/mol. The lowest BCUT2D eigenvalue weighted by Gasteiger charge is -2.18. The number of amides is 1. The number of anilines is 2. The van der Waals surface area contributed by atoms with Crippen molar-refractivity contribution in [2.75, 3.05) is 50.9 Å². The van der Waals surface area contributed by atoms with Crippen LogP contribution in [0.2, 0.25) is 0 Å². The third-order valence-corrected chi connectivity index (χ3v) is 11.7. The number of aromatic nitrogens is 2. The van der Waals surface area contributed by atoms with Crippen molar-refractivity contribution in [3.05, 3.63) is 62.8 Å². The van der Waals surface area contributed by atoms with Gasteiger partial charge in [-0.2, -0.15) is 33.7 Å². The van der Waals surface area contributed by atoms with Crippen molar-refractivity contribution < 1.29 is 35.9 Å². The van der Waals surface area contributed by atoms with E-state index in [9.17, 15) is 32.0 Å². The van der Waals surface area contributed by atoms with Gasteiger partial charge in [0.05, 0.1) is 27.8 Å². The Bertz CT molecular complexity index is 2330. The van der Waals surface area contributed by atoms with Gasteiger partial charge in [0.2, 0.25) is 0 Å². The first kappa shape index (κ1) is 40.5. The summed E-state index contributed by atoms with van der Waals surface area (Å²) >= 11 is 1.97. The minimum absolute atomic E-state index is 0.0444. The van der Waals surface area contributed by atoms with Crippen LogP contribution in [-0.2, 0) is 6.18 Å². The molecular weight excluding hydrogens is 779 g/mol. The van der Waals surface area contributed by atoms with Gasteiger partial charge in [0.25, 0.3) is 5.91 Å². The zero-order valence-corrected chi connectivity index (χ0v) is 31.9. The van der Waals surface area contributed by atoms with Crippen LogP contribution in [0.3, 0.4) is 0 Å². The fourth-order valence-electron chi connectivity index (χ4n) is 7.21. The minimum atomic E-state index is -5.00. The van der Waals surface area contributed by atoms with E-state index < -0.39 is 40.6 Å². The first-order chi connectivity index (χ1) is 26.8. The van der Waals surface area contributed by atoms with Crippen molar-refractivity contribution in [2.45, 2.75) is 57.4 Å². The number of nitrogens with one attached hydrogen (secondary N) is 1. The summed E-state index contributed by atoms with van der Waals surface area (Å²) in [6.07, 6.45) is 0.0146. The van der Waals surface area contributed by atoms with Gasteiger partial charge in [-0.25, -0.2) is 13.2 Å². The highest BCUT2D eigenvalue weighted by atomic mass is 32.1. The lowest BCUT2D eigenvalue weighted by atomic mass is 9.92. The Hall–Kier alpha value is -5.17. The van der Waals surface area contributed by atoms with Crippen LogP contribution in [-0.4, -0.2) is 77.7 Å². The molecule has 5 aromatic rings. The first-order valence-electron chi connectivity index (χ1n) is 17.8. The maximum Gasteiger partial charge on any atom is 0.417 e. The number of carbonyl (C=O) groups is 1. The predicted molar refractivity (Wildman–Crippen MR) is 203 cm³/mol. The molecule has 1 amide bonds. The SMILES string of the molecule is CCNc1nc(OC)nc2c(F)c(-c3ccc(F)c4sc(N)c(C#N)c34)c(C(F)(F)F)cc12.FC1CC2CCCN2C1.N#Cc1ccc(C(=O)N2CCCC2)s1. The number of alkyl halides is 4. The van der Waals surface area contributed by atoms with Gasteiger partial charge >= 0.3 is 12.2 Å². The summed E-state index contributed by atoms with van der Waals surface area (Å²) in [4.78, 5) is 25.1. The topological polar surface area (TPSA) is 144 Å². The van der Waals surface area contributed by atoms with Gasteiger partial charge in [0, 0.05) is 48.6 Å². The molecule has 294 valence electrons. The Balaban J connectivity index is 0.000000186. The standard InChI is InChI=1S/C21H14F5N5OS.C10H10N2OS.C7H12FN/c1-3-29-19-9-6-11(21(24,25)26)14(15(23)16(9)30-20(31-19)32-2)8-4-5-12(22)17-13(8)10(7-27)18(28)33-17;11-7-8-3-4-9(14-8)10(13)12-5-1-2-6-12;8-6-4-7-2-1-3-9(7)5-6/h4-6H,3,28H2,1-2H3,(H,29,30,31);3-4H,1-2,5-6H2;6-7H,1-5H2. The molecule has 3 fully saturated rings. The second-order valence-corrected chi connectivity index (χ2v) is 15.4. The van der Waals surface area contributed by atoms with Gasteiger partial charge in [-0.1, -0.05) is 6.07 Å². The number of carbonyl (C=O) groups excluding carboxylic acids is 1. The number of benzene rings is 2. The lowest BCUT2D eigenvalue weighted by Crippen LogP contribution is -2.26. The Morgan fingerprint density at radius 3 is 2.45 bits per heavy atom. The number of thiophene rings is 2. The van der Waals surface area contributed by atoms with Crippen molar-refractivity contribution in [3.8, 4) is 29.3 Å². The number of nitrogens with zero attached hydrogens (tertiary/aromatic N) is 6.